The van der Waals surface area contributed by atoms with E-state index in [1.54, 1.807) is 11.8 Å². The van der Waals surface area contributed by atoms with Gasteiger partial charge in [-0.3, -0.25) is 4.79 Å². The minimum absolute atomic E-state index is 0.00110. The van der Waals surface area contributed by atoms with Crippen molar-refractivity contribution < 1.29 is 13.6 Å². The van der Waals surface area contributed by atoms with Gasteiger partial charge in [0.1, 0.15) is 5.69 Å². The van der Waals surface area contributed by atoms with E-state index in [0.29, 0.717) is 5.75 Å². The van der Waals surface area contributed by atoms with Gasteiger partial charge in [0.05, 0.1) is 11.6 Å². The fraction of sp³-hybridized carbons (Fsp3) is 0.133. The van der Waals surface area contributed by atoms with Crippen molar-refractivity contribution >= 4 is 29.0 Å². The molecule has 3 nitrogen and oxygen atoms in total. The molecule has 0 radical (unpaired) electrons. The molecule has 0 saturated carbocycles. The zero-order valence-electron chi connectivity index (χ0n) is 10.9. The molecule has 3 rings (SSSR count). The standard InChI is InChI=1S/C15H12F2N2OS/c16-10-5-6-11(18)14(13(10)17)19-15(20)9-7-21-12-4-2-1-3-8(9)12/h1-6,9H,7,18H2,(H,19,20). The maximum atomic E-state index is 13.7. The predicted molar refractivity (Wildman–Crippen MR) is 79.3 cm³/mol. The molecule has 1 aliphatic heterocycles. The molecule has 3 N–H and O–H groups in total. The van der Waals surface area contributed by atoms with Crippen LogP contribution < -0.4 is 11.1 Å². The van der Waals surface area contributed by atoms with Crippen LogP contribution >= 0.6 is 11.8 Å². The monoisotopic (exact) mass is 306 g/mol. The molecular formula is C15H12F2N2OS. The van der Waals surface area contributed by atoms with Gasteiger partial charge in [-0.2, -0.15) is 0 Å². The Morgan fingerprint density at radius 3 is 2.81 bits per heavy atom. The number of rotatable bonds is 2. The zero-order valence-corrected chi connectivity index (χ0v) is 11.7. The maximum Gasteiger partial charge on any atom is 0.232 e. The molecule has 6 heteroatoms. The van der Waals surface area contributed by atoms with Crippen molar-refractivity contribution in [3.05, 3.63) is 53.6 Å². The molecule has 2 aromatic rings. The first kappa shape index (κ1) is 13.9. The number of nitrogens with one attached hydrogen (secondary N) is 1. The van der Waals surface area contributed by atoms with Crippen molar-refractivity contribution in [3.63, 3.8) is 0 Å². The summed E-state index contributed by atoms with van der Waals surface area (Å²) in [6.45, 7) is 0. The van der Waals surface area contributed by atoms with E-state index in [4.69, 9.17) is 5.73 Å². The smallest absolute Gasteiger partial charge is 0.232 e. The van der Waals surface area contributed by atoms with Crippen LogP contribution in [0.3, 0.4) is 0 Å². The van der Waals surface area contributed by atoms with Crippen LogP contribution in [0.25, 0.3) is 0 Å². The van der Waals surface area contributed by atoms with E-state index in [2.05, 4.69) is 5.32 Å². The van der Waals surface area contributed by atoms with Gasteiger partial charge in [0.2, 0.25) is 5.91 Å². The quantitative estimate of drug-likeness (QED) is 0.836. The number of fused-ring (bicyclic) bond motifs is 1. The number of halogens is 2. The largest absolute Gasteiger partial charge is 0.397 e. The van der Waals surface area contributed by atoms with Gasteiger partial charge < -0.3 is 11.1 Å². The number of carbonyl (C=O) groups excluding carboxylic acids is 1. The van der Waals surface area contributed by atoms with Gasteiger partial charge in [-0.05, 0) is 23.8 Å². The molecule has 1 amide bonds. The summed E-state index contributed by atoms with van der Waals surface area (Å²) in [6, 6.07) is 9.71. The molecule has 1 heterocycles. The summed E-state index contributed by atoms with van der Waals surface area (Å²) < 4.78 is 27.0. The number of nitrogen functional groups attached to an aromatic ring is 1. The van der Waals surface area contributed by atoms with E-state index in [1.807, 2.05) is 24.3 Å². The van der Waals surface area contributed by atoms with E-state index >= 15 is 0 Å². The van der Waals surface area contributed by atoms with Crippen LogP contribution in [-0.2, 0) is 4.79 Å². The van der Waals surface area contributed by atoms with Crippen molar-refractivity contribution in [1.29, 1.82) is 0 Å². The number of amides is 1. The van der Waals surface area contributed by atoms with Crippen LogP contribution in [0, 0.1) is 11.6 Å². The molecule has 0 aromatic heterocycles. The zero-order chi connectivity index (χ0) is 15.0. The van der Waals surface area contributed by atoms with Crippen LogP contribution in [0.1, 0.15) is 11.5 Å². The van der Waals surface area contributed by atoms with E-state index in [-0.39, 0.29) is 17.3 Å². The number of anilines is 2. The Bertz CT molecular complexity index is 721. The Kier molecular flexibility index (Phi) is 3.55. The van der Waals surface area contributed by atoms with Crippen LogP contribution in [0.5, 0.6) is 0 Å². The molecule has 0 fully saturated rings. The van der Waals surface area contributed by atoms with Gasteiger partial charge in [-0.1, -0.05) is 18.2 Å². The molecule has 0 spiro atoms. The lowest BCUT2D eigenvalue weighted by molar-refractivity contribution is -0.117. The first-order chi connectivity index (χ1) is 10.1. The third kappa shape index (κ3) is 2.47. The number of hydrogen-bond donors (Lipinski definition) is 2. The number of hydrogen-bond acceptors (Lipinski definition) is 3. The molecular weight excluding hydrogens is 294 g/mol. The second-order valence-electron chi connectivity index (χ2n) is 4.72. The summed E-state index contributed by atoms with van der Waals surface area (Å²) in [5.41, 5.74) is 6.21. The molecule has 0 aliphatic carbocycles. The third-order valence-corrected chi connectivity index (χ3v) is 4.57. The van der Waals surface area contributed by atoms with E-state index in [0.717, 1.165) is 16.5 Å². The summed E-state index contributed by atoms with van der Waals surface area (Å²) in [6.07, 6.45) is 0. The van der Waals surface area contributed by atoms with Gasteiger partial charge in [-0.15, -0.1) is 11.8 Å². The predicted octanol–water partition coefficient (Wildman–Crippen LogP) is 3.38. The van der Waals surface area contributed by atoms with Crippen LogP contribution in [0.2, 0.25) is 0 Å². The topological polar surface area (TPSA) is 55.1 Å². The Morgan fingerprint density at radius 2 is 2.00 bits per heavy atom. The third-order valence-electron chi connectivity index (χ3n) is 3.39. The SMILES string of the molecule is Nc1ccc(F)c(F)c1NC(=O)C1CSc2ccccc21. The van der Waals surface area contributed by atoms with Crippen LogP contribution in [0.15, 0.2) is 41.3 Å². The number of benzene rings is 2. The second kappa shape index (κ2) is 5.37. The highest BCUT2D eigenvalue weighted by Crippen LogP contribution is 2.40. The number of carbonyl (C=O) groups is 1. The number of nitrogens with two attached hydrogens (primary N) is 1. The lowest BCUT2D eigenvalue weighted by Crippen LogP contribution is -2.22. The minimum atomic E-state index is -1.14. The second-order valence-corrected chi connectivity index (χ2v) is 5.78. The summed E-state index contributed by atoms with van der Waals surface area (Å²) in [5, 5.41) is 2.41. The molecule has 2 aromatic carbocycles. The van der Waals surface area contributed by atoms with Gasteiger partial charge >= 0.3 is 0 Å². The molecule has 1 unspecified atom stereocenters. The molecule has 0 bridgehead atoms. The molecule has 1 atom stereocenters. The first-order valence-electron chi connectivity index (χ1n) is 6.34. The summed E-state index contributed by atoms with van der Waals surface area (Å²) in [4.78, 5) is 13.4. The average molecular weight is 306 g/mol. The lowest BCUT2D eigenvalue weighted by Gasteiger charge is -2.14. The fourth-order valence-electron chi connectivity index (χ4n) is 2.28. The van der Waals surface area contributed by atoms with Gasteiger partial charge in [0, 0.05) is 10.6 Å². The summed E-state index contributed by atoms with van der Waals surface area (Å²) in [7, 11) is 0. The van der Waals surface area contributed by atoms with Crippen molar-refractivity contribution in [2.24, 2.45) is 0 Å². The molecule has 21 heavy (non-hydrogen) atoms. The van der Waals surface area contributed by atoms with E-state index in [9.17, 15) is 13.6 Å². The van der Waals surface area contributed by atoms with Crippen LogP contribution in [-0.4, -0.2) is 11.7 Å². The first-order valence-corrected chi connectivity index (χ1v) is 7.32. The highest BCUT2D eigenvalue weighted by molar-refractivity contribution is 7.99. The lowest BCUT2D eigenvalue weighted by atomic mass is 10.0. The summed E-state index contributed by atoms with van der Waals surface area (Å²) >= 11 is 1.57. The van der Waals surface area contributed by atoms with Crippen molar-refractivity contribution in [2.75, 3.05) is 16.8 Å². The van der Waals surface area contributed by atoms with Gasteiger partial charge in [0.15, 0.2) is 11.6 Å². The van der Waals surface area contributed by atoms with Gasteiger partial charge in [0.25, 0.3) is 0 Å². The Morgan fingerprint density at radius 1 is 1.24 bits per heavy atom. The van der Waals surface area contributed by atoms with Crippen LogP contribution in [0.4, 0.5) is 20.2 Å². The van der Waals surface area contributed by atoms with Crippen molar-refractivity contribution in [2.45, 2.75) is 10.8 Å². The Labute approximate surface area is 124 Å². The average Bonchev–Trinajstić information content (AvgIpc) is 2.91. The van der Waals surface area contributed by atoms with Crippen molar-refractivity contribution in [1.82, 2.24) is 0 Å². The molecule has 108 valence electrons. The minimum Gasteiger partial charge on any atom is -0.397 e. The highest BCUT2D eigenvalue weighted by atomic mass is 32.2. The normalized spacial score (nSPS) is 16.6. The van der Waals surface area contributed by atoms with E-state index in [1.165, 1.54) is 6.07 Å². The van der Waals surface area contributed by atoms with Gasteiger partial charge in [-0.25, -0.2) is 8.78 Å². The molecule has 1 aliphatic rings. The fourth-order valence-corrected chi connectivity index (χ4v) is 3.51. The van der Waals surface area contributed by atoms with Crippen molar-refractivity contribution in [3.8, 4) is 0 Å². The molecule has 0 saturated heterocycles. The number of thioether (sulfide) groups is 1. The van der Waals surface area contributed by atoms with E-state index < -0.39 is 17.6 Å². The highest BCUT2D eigenvalue weighted by Gasteiger charge is 2.30. The maximum absolute atomic E-state index is 13.7. The Hall–Kier alpha value is -2.08. The Balaban J connectivity index is 1.87. The summed E-state index contributed by atoms with van der Waals surface area (Å²) in [5.74, 6) is -2.39.